The number of nitrogens with zero attached hydrogens (tertiary/aromatic N) is 2. The Kier molecular flexibility index (Phi) is 6.89. The molecule has 0 radical (unpaired) electrons. The Hall–Kier alpha value is -1.77. The molecule has 0 aliphatic carbocycles. The summed E-state index contributed by atoms with van der Waals surface area (Å²) in [6.07, 6.45) is 1.92. The van der Waals surface area contributed by atoms with Crippen LogP contribution in [0.4, 0.5) is 0 Å². The summed E-state index contributed by atoms with van der Waals surface area (Å²) in [6, 6.07) is 10.1. The van der Waals surface area contributed by atoms with Gasteiger partial charge in [0.2, 0.25) is 0 Å². The number of halogens is 1. The molecule has 1 aliphatic heterocycles. The molecule has 1 atom stereocenters. The molecule has 1 aromatic carbocycles. The molecule has 0 spiro atoms. The molecule has 0 saturated heterocycles. The molecule has 1 aliphatic rings. The van der Waals surface area contributed by atoms with Crippen LogP contribution in [0, 0.1) is 0 Å². The van der Waals surface area contributed by atoms with Crippen LogP contribution < -0.4 is 15.4 Å². The van der Waals surface area contributed by atoms with Crippen molar-refractivity contribution in [2.45, 2.75) is 32.4 Å². The van der Waals surface area contributed by atoms with Gasteiger partial charge in [-0.2, -0.15) is 0 Å². The van der Waals surface area contributed by atoms with E-state index in [2.05, 4.69) is 33.8 Å². The standard InChI is InChI=1S/C17H22N4O2.HI/c1-3-13-9-15(23-21-13)11-20-17(18-2)19-10-14-8-12-6-4-5-7-16(12)22-14;/h4-7,9,14H,3,8,10-11H2,1-2H3,(H2,18,19,20);1H. The van der Waals surface area contributed by atoms with Crippen LogP contribution in [0.1, 0.15) is 23.9 Å². The van der Waals surface area contributed by atoms with E-state index in [1.165, 1.54) is 5.56 Å². The van der Waals surface area contributed by atoms with E-state index < -0.39 is 0 Å². The molecular weight excluding hydrogens is 419 g/mol. The lowest BCUT2D eigenvalue weighted by atomic mass is 10.1. The number of benzene rings is 1. The predicted molar refractivity (Wildman–Crippen MR) is 104 cm³/mol. The summed E-state index contributed by atoms with van der Waals surface area (Å²) in [5, 5.41) is 10.5. The largest absolute Gasteiger partial charge is 0.488 e. The molecule has 7 heteroatoms. The Labute approximate surface area is 159 Å². The van der Waals surface area contributed by atoms with Crippen molar-refractivity contribution in [1.29, 1.82) is 0 Å². The fourth-order valence-electron chi connectivity index (χ4n) is 2.58. The van der Waals surface area contributed by atoms with Gasteiger partial charge in [0.25, 0.3) is 0 Å². The van der Waals surface area contributed by atoms with Crippen molar-refractivity contribution < 1.29 is 9.26 Å². The van der Waals surface area contributed by atoms with Crippen molar-refractivity contribution in [1.82, 2.24) is 15.8 Å². The number of hydrogen-bond acceptors (Lipinski definition) is 4. The Morgan fingerprint density at radius 2 is 2.17 bits per heavy atom. The second-order valence-electron chi connectivity index (χ2n) is 5.50. The summed E-state index contributed by atoms with van der Waals surface area (Å²) in [6.45, 7) is 3.30. The zero-order chi connectivity index (χ0) is 16.1. The average Bonchev–Trinajstić information content (AvgIpc) is 3.21. The molecule has 0 fully saturated rings. The van der Waals surface area contributed by atoms with Crippen molar-refractivity contribution in [3.63, 3.8) is 0 Å². The van der Waals surface area contributed by atoms with E-state index in [0.717, 1.165) is 36.0 Å². The maximum Gasteiger partial charge on any atom is 0.191 e. The van der Waals surface area contributed by atoms with Gasteiger partial charge >= 0.3 is 0 Å². The van der Waals surface area contributed by atoms with E-state index in [4.69, 9.17) is 9.26 Å². The van der Waals surface area contributed by atoms with E-state index in [-0.39, 0.29) is 30.1 Å². The van der Waals surface area contributed by atoms with Crippen LogP contribution in [-0.2, 0) is 19.4 Å². The molecule has 2 N–H and O–H groups in total. The van der Waals surface area contributed by atoms with Gasteiger partial charge in [0.15, 0.2) is 11.7 Å². The zero-order valence-electron chi connectivity index (χ0n) is 13.9. The highest BCUT2D eigenvalue weighted by atomic mass is 127. The number of guanidine groups is 1. The highest BCUT2D eigenvalue weighted by Crippen LogP contribution is 2.27. The van der Waals surface area contributed by atoms with Crippen LogP contribution in [0.15, 0.2) is 39.8 Å². The fourth-order valence-corrected chi connectivity index (χ4v) is 2.58. The number of hydrogen-bond donors (Lipinski definition) is 2. The van der Waals surface area contributed by atoms with E-state index in [0.29, 0.717) is 13.1 Å². The summed E-state index contributed by atoms with van der Waals surface area (Å²) in [7, 11) is 1.75. The number of para-hydroxylation sites is 1. The third kappa shape index (κ3) is 4.62. The number of aliphatic imine (C=N–C) groups is 1. The van der Waals surface area contributed by atoms with Crippen molar-refractivity contribution in [3.05, 3.63) is 47.3 Å². The number of aryl methyl sites for hydroxylation is 1. The third-order valence-corrected chi connectivity index (χ3v) is 3.83. The molecule has 6 nitrogen and oxygen atoms in total. The number of ether oxygens (including phenoxy) is 1. The zero-order valence-corrected chi connectivity index (χ0v) is 16.2. The second kappa shape index (κ2) is 8.91. The summed E-state index contributed by atoms with van der Waals surface area (Å²) >= 11 is 0. The minimum Gasteiger partial charge on any atom is -0.488 e. The first kappa shape index (κ1) is 18.6. The van der Waals surface area contributed by atoms with Gasteiger partial charge in [-0.25, -0.2) is 0 Å². The molecule has 2 heterocycles. The normalized spacial score (nSPS) is 16.1. The minimum absolute atomic E-state index is 0. The predicted octanol–water partition coefficient (Wildman–Crippen LogP) is 2.52. The second-order valence-corrected chi connectivity index (χ2v) is 5.50. The number of aromatic nitrogens is 1. The lowest BCUT2D eigenvalue weighted by Gasteiger charge is -2.15. The first-order valence-electron chi connectivity index (χ1n) is 7.92. The highest BCUT2D eigenvalue weighted by molar-refractivity contribution is 14.0. The molecule has 0 saturated carbocycles. The summed E-state index contributed by atoms with van der Waals surface area (Å²) in [5.74, 6) is 2.50. The van der Waals surface area contributed by atoms with Gasteiger partial charge in [0.05, 0.1) is 18.8 Å². The highest BCUT2D eigenvalue weighted by Gasteiger charge is 2.22. The minimum atomic E-state index is 0. The summed E-state index contributed by atoms with van der Waals surface area (Å²) in [4.78, 5) is 4.22. The smallest absolute Gasteiger partial charge is 0.191 e. The molecule has 1 unspecified atom stereocenters. The fraction of sp³-hybridized carbons (Fsp3) is 0.412. The van der Waals surface area contributed by atoms with Gasteiger partial charge in [-0.3, -0.25) is 4.99 Å². The van der Waals surface area contributed by atoms with E-state index in [9.17, 15) is 0 Å². The lowest BCUT2D eigenvalue weighted by Crippen LogP contribution is -2.41. The molecule has 1 aromatic heterocycles. The molecule has 0 bridgehead atoms. The van der Waals surface area contributed by atoms with Crippen molar-refractivity contribution in [3.8, 4) is 5.75 Å². The topological polar surface area (TPSA) is 71.7 Å². The van der Waals surface area contributed by atoms with E-state index in [1.807, 2.05) is 24.3 Å². The molecule has 24 heavy (non-hydrogen) atoms. The van der Waals surface area contributed by atoms with Crippen LogP contribution in [0.25, 0.3) is 0 Å². The van der Waals surface area contributed by atoms with Gasteiger partial charge in [-0.1, -0.05) is 30.3 Å². The van der Waals surface area contributed by atoms with Gasteiger partial charge in [0, 0.05) is 19.5 Å². The average molecular weight is 442 g/mol. The summed E-state index contributed by atoms with van der Waals surface area (Å²) in [5.41, 5.74) is 2.22. The van der Waals surface area contributed by atoms with Gasteiger partial charge in [-0.15, -0.1) is 24.0 Å². The molecule has 2 aromatic rings. The Morgan fingerprint density at radius 1 is 1.33 bits per heavy atom. The quantitative estimate of drug-likeness (QED) is 0.423. The Balaban J connectivity index is 0.00000208. The van der Waals surface area contributed by atoms with Crippen molar-refractivity contribution in [2.75, 3.05) is 13.6 Å². The van der Waals surface area contributed by atoms with Crippen LogP contribution in [0.3, 0.4) is 0 Å². The molecular formula is C17H23IN4O2. The van der Waals surface area contributed by atoms with E-state index in [1.54, 1.807) is 7.05 Å². The third-order valence-electron chi connectivity index (χ3n) is 3.83. The van der Waals surface area contributed by atoms with Crippen LogP contribution in [-0.4, -0.2) is 30.8 Å². The maximum atomic E-state index is 5.91. The first-order chi connectivity index (χ1) is 11.3. The number of fused-ring (bicyclic) bond motifs is 1. The number of rotatable bonds is 5. The van der Waals surface area contributed by atoms with Crippen molar-refractivity contribution in [2.24, 2.45) is 4.99 Å². The van der Waals surface area contributed by atoms with E-state index >= 15 is 0 Å². The van der Waals surface area contributed by atoms with Gasteiger partial charge in [0.1, 0.15) is 11.9 Å². The Morgan fingerprint density at radius 3 is 2.88 bits per heavy atom. The SMILES string of the molecule is CCc1cc(CNC(=NC)NCC2Cc3ccccc3O2)on1.I. The van der Waals surface area contributed by atoms with Gasteiger partial charge in [-0.05, 0) is 18.1 Å². The van der Waals surface area contributed by atoms with Crippen LogP contribution in [0.5, 0.6) is 5.75 Å². The Bertz CT molecular complexity index is 662. The van der Waals surface area contributed by atoms with Crippen molar-refractivity contribution >= 4 is 29.9 Å². The molecule has 3 rings (SSSR count). The van der Waals surface area contributed by atoms with Crippen LogP contribution >= 0.6 is 24.0 Å². The van der Waals surface area contributed by atoms with Gasteiger partial charge < -0.3 is 19.9 Å². The molecule has 130 valence electrons. The summed E-state index contributed by atoms with van der Waals surface area (Å²) < 4.78 is 11.2. The van der Waals surface area contributed by atoms with Crippen LogP contribution in [0.2, 0.25) is 0 Å². The number of nitrogens with one attached hydrogen (secondary N) is 2. The maximum absolute atomic E-state index is 5.91. The monoisotopic (exact) mass is 442 g/mol. The first-order valence-corrected chi connectivity index (χ1v) is 7.92. The molecule has 0 amide bonds. The lowest BCUT2D eigenvalue weighted by molar-refractivity contribution is 0.235.